The van der Waals surface area contributed by atoms with E-state index in [9.17, 15) is 4.79 Å². The Morgan fingerprint density at radius 2 is 1.71 bits per heavy atom. The van der Waals surface area contributed by atoms with Crippen LogP contribution in [0.4, 0.5) is 0 Å². The van der Waals surface area contributed by atoms with E-state index in [1.807, 2.05) is 22.8 Å². The van der Waals surface area contributed by atoms with Gasteiger partial charge in [0.1, 0.15) is 0 Å². The van der Waals surface area contributed by atoms with Crippen molar-refractivity contribution in [3.63, 3.8) is 0 Å². The van der Waals surface area contributed by atoms with Crippen LogP contribution in [0, 0.1) is 0 Å². The van der Waals surface area contributed by atoms with Crippen LogP contribution in [0.2, 0.25) is 0 Å². The van der Waals surface area contributed by atoms with Crippen LogP contribution in [0.1, 0.15) is 11.5 Å². The van der Waals surface area contributed by atoms with Gasteiger partial charge in [-0.2, -0.15) is 0 Å². The van der Waals surface area contributed by atoms with Gasteiger partial charge in [0.15, 0.2) is 5.43 Å². The van der Waals surface area contributed by atoms with Crippen molar-refractivity contribution in [1.82, 2.24) is 4.57 Å². The Balaban J connectivity index is 2.15. The molecule has 1 unspecified atom stereocenters. The maximum atomic E-state index is 11.0. The molecule has 0 fully saturated rings. The summed E-state index contributed by atoms with van der Waals surface area (Å²) in [6.07, 6.45) is 3.60. The van der Waals surface area contributed by atoms with Crippen LogP contribution in [-0.4, -0.2) is 11.1 Å². The Bertz CT molecular complexity index is 499. The van der Waals surface area contributed by atoms with Crippen LogP contribution in [-0.2, 0) is 6.54 Å². The van der Waals surface area contributed by atoms with Crippen molar-refractivity contribution in [3.05, 3.63) is 70.6 Å². The zero-order valence-corrected chi connectivity index (χ0v) is 9.62. The molecule has 1 aromatic heterocycles. The highest BCUT2D eigenvalue weighted by molar-refractivity contribution is 5.19. The molecule has 17 heavy (non-hydrogen) atoms. The minimum atomic E-state index is 0.0326. The zero-order valence-electron chi connectivity index (χ0n) is 9.62. The summed E-state index contributed by atoms with van der Waals surface area (Å²) in [5.41, 5.74) is 7.07. The van der Waals surface area contributed by atoms with Gasteiger partial charge in [0.25, 0.3) is 0 Å². The number of nitrogens with two attached hydrogens (primary N) is 1. The molecular weight excluding hydrogens is 212 g/mol. The van der Waals surface area contributed by atoms with Gasteiger partial charge in [-0.25, -0.2) is 0 Å². The smallest absolute Gasteiger partial charge is 0.181 e. The molecule has 1 heterocycles. The highest BCUT2D eigenvalue weighted by atomic mass is 16.1. The van der Waals surface area contributed by atoms with Gasteiger partial charge in [0.2, 0.25) is 0 Å². The van der Waals surface area contributed by atoms with Crippen molar-refractivity contribution >= 4 is 0 Å². The van der Waals surface area contributed by atoms with Crippen molar-refractivity contribution in [2.45, 2.75) is 12.5 Å². The maximum absolute atomic E-state index is 11.0. The Morgan fingerprint density at radius 1 is 1.06 bits per heavy atom. The molecular formula is C14H16N2O. The standard InChI is InChI=1S/C14H16N2O/c15-10-13(12-4-2-1-3-5-12)11-16-8-6-14(17)7-9-16/h1-9,13H,10-11,15H2. The van der Waals surface area contributed by atoms with E-state index < -0.39 is 0 Å². The van der Waals surface area contributed by atoms with E-state index in [2.05, 4.69) is 12.1 Å². The quantitative estimate of drug-likeness (QED) is 0.864. The second kappa shape index (κ2) is 5.46. The van der Waals surface area contributed by atoms with Crippen molar-refractivity contribution in [2.75, 3.05) is 6.54 Å². The van der Waals surface area contributed by atoms with Crippen LogP contribution in [0.3, 0.4) is 0 Å². The van der Waals surface area contributed by atoms with E-state index in [1.54, 1.807) is 24.5 Å². The fourth-order valence-electron chi connectivity index (χ4n) is 1.86. The third kappa shape index (κ3) is 3.04. The normalized spacial score (nSPS) is 12.3. The molecule has 0 aliphatic rings. The molecule has 3 heteroatoms. The molecule has 0 bridgehead atoms. The number of rotatable bonds is 4. The van der Waals surface area contributed by atoms with E-state index in [4.69, 9.17) is 5.73 Å². The molecule has 0 spiro atoms. The van der Waals surface area contributed by atoms with Crippen LogP contribution in [0.5, 0.6) is 0 Å². The summed E-state index contributed by atoms with van der Waals surface area (Å²) in [6.45, 7) is 1.39. The fraction of sp³-hybridized carbons (Fsp3) is 0.214. The number of hydrogen-bond donors (Lipinski definition) is 1. The monoisotopic (exact) mass is 228 g/mol. The lowest BCUT2D eigenvalue weighted by atomic mass is 9.99. The molecule has 2 aromatic rings. The van der Waals surface area contributed by atoms with E-state index in [-0.39, 0.29) is 11.3 Å². The lowest BCUT2D eigenvalue weighted by Crippen LogP contribution is -2.18. The summed E-state index contributed by atoms with van der Waals surface area (Å²) in [5.74, 6) is 0.277. The Labute approximate surface area is 101 Å². The van der Waals surface area contributed by atoms with Crippen molar-refractivity contribution < 1.29 is 0 Å². The van der Waals surface area contributed by atoms with E-state index in [0.29, 0.717) is 6.54 Å². The highest BCUT2D eigenvalue weighted by Crippen LogP contribution is 2.15. The zero-order chi connectivity index (χ0) is 12.1. The first-order valence-corrected chi connectivity index (χ1v) is 5.70. The Hall–Kier alpha value is -1.87. The average Bonchev–Trinajstić information content (AvgIpc) is 2.39. The summed E-state index contributed by atoms with van der Waals surface area (Å²) in [4.78, 5) is 11.0. The van der Waals surface area contributed by atoms with Gasteiger partial charge < -0.3 is 10.3 Å². The molecule has 0 amide bonds. The number of nitrogens with zero attached hydrogens (tertiary/aromatic N) is 1. The second-order valence-corrected chi connectivity index (χ2v) is 4.07. The van der Waals surface area contributed by atoms with Gasteiger partial charge in [-0.05, 0) is 5.56 Å². The lowest BCUT2D eigenvalue weighted by Gasteiger charge is -2.17. The van der Waals surface area contributed by atoms with Crippen molar-refractivity contribution in [2.24, 2.45) is 5.73 Å². The largest absolute Gasteiger partial charge is 0.353 e. The molecule has 88 valence electrons. The second-order valence-electron chi connectivity index (χ2n) is 4.07. The first-order valence-electron chi connectivity index (χ1n) is 5.70. The Kier molecular flexibility index (Phi) is 3.73. The molecule has 0 radical (unpaired) electrons. The van der Waals surface area contributed by atoms with Crippen LogP contribution >= 0.6 is 0 Å². The van der Waals surface area contributed by atoms with E-state index >= 15 is 0 Å². The highest BCUT2D eigenvalue weighted by Gasteiger charge is 2.08. The van der Waals surface area contributed by atoms with Gasteiger partial charge in [-0.3, -0.25) is 4.79 Å². The molecule has 0 saturated carbocycles. The molecule has 1 atom stereocenters. The predicted octanol–water partition coefficient (Wildman–Crippen LogP) is 1.59. The molecule has 2 N–H and O–H groups in total. The van der Waals surface area contributed by atoms with Crippen LogP contribution < -0.4 is 11.2 Å². The van der Waals surface area contributed by atoms with E-state index in [1.165, 1.54) is 5.56 Å². The van der Waals surface area contributed by atoms with Gasteiger partial charge in [-0.1, -0.05) is 30.3 Å². The topological polar surface area (TPSA) is 48.0 Å². The van der Waals surface area contributed by atoms with E-state index in [0.717, 1.165) is 6.54 Å². The van der Waals surface area contributed by atoms with Gasteiger partial charge in [-0.15, -0.1) is 0 Å². The summed E-state index contributed by atoms with van der Waals surface area (Å²) in [6, 6.07) is 13.3. The predicted molar refractivity (Wildman–Crippen MR) is 68.9 cm³/mol. The minimum absolute atomic E-state index is 0.0326. The number of benzene rings is 1. The third-order valence-electron chi connectivity index (χ3n) is 2.85. The number of aromatic nitrogens is 1. The third-order valence-corrected chi connectivity index (χ3v) is 2.85. The van der Waals surface area contributed by atoms with Gasteiger partial charge >= 0.3 is 0 Å². The molecule has 2 rings (SSSR count). The summed E-state index contributed by atoms with van der Waals surface area (Å²) in [7, 11) is 0. The maximum Gasteiger partial charge on any atom is 0.181 e. The minimum Gasteiger partial charge on any atom is -0.353 e. The van der Waals surface area contributed by atoms with Crippen LogP contribution in [0.25, 0.3) is 0 Å². The molecule has 0 aliphatic carbocycles. The summed E-state index contributed by atoms with van der Waals surface area (Å²) < 4.78 is 1.99. The van der Waals surface area contributed by atoms with Crippen molar-refractivity contribution in [3.8, 4) is 0 Å². The molecule has 0 saturated heterocycles. The Morgan fingerprint density at radius 3 is 2.29 bits per heavy atom. The molecule has 0 aliphatic heterocycles. The molecule has 1 aromatic carbocycles. The fourth-order valence-corrected chi connectivity index (χ4v) is 1.86. The molecule has 3 nitrogen and oxygen atoms in total. The average molecular weight is 228 g/mol. The van der Waals surface area contributed by atoms with Crippen LogP contribution in [0.15, 0.2) is 59.7 Å². The number of hydrogen-bond acceptors (Lipinski definition) is 2. The van der Waals surface area contributed by atoms with Gasteiger partial charge in [0, 0.05) is 43.5 Å². The lowest BCUT2D eigenvalue weighted by molar-refractivity contribution is 0.564. The van der Waals surface area contributed by atoms with Crippen molar-refractivity contribution in [1.29, 1.82) is 0 Å². The number of pyridine rings is 1. The SMILES string of the molecule is NCC(Cn1ccc(=O)cc1)c1ccccc1. The summed E-state index contributed by atoms with van der Waals surface area (Å²) in [5, 5.41) is 0. The first kappa shape index (κ1) is 11.6. The van der Waals surface area contributed by atoms with Gasteiger partial charge in [0.05, 0.1) is 0 Å². The summed E-state index contributed by atoms with van der Waals surface area (Å²) >= 11 is 0. The first-order chi connectivity index (χ1) is 8.29.